The van der Waals surface area contributed by atoms with Gasteiger partial charge in [0, 0.05) is 25.7 Å². The minimum atomic E-state index is -0.314. The summed E-state index contributed by atoms with van der Waals surface area (Å²) in [6, 6.07) is 6.63. The summed E-state index contributed by atoms with van der Waals surface area (Å²) in [6.07, 6.45) is -0.314. The van der Waals surface area contributed by atoms with Crippen LogP contribution in [0, 0.1) is 5.82 Å². The van der Waals surface area contributed by atoms with Crippen molar-refractivity contribution in [3.8, 4) is 0 Å². The van der Waals surface area contributed by atoms with E-state index >= 15 is 0 Å². The molecule has 4 heteroatoms. The SMILES string of the molecule is CN(Cc1ccc(F)cc1)C1CNCC1O. The van der Waals surface area contributed by atoms with Crippen molar-refractivity contribution >= 4 is 0 Å². The predicted octanol–water partition coefficient (Wildman–Crippen LogP) is 0.590. The Bertz CT molecular complexity index is 341. The van der Waals surface area contributed by atoms with E-state index in [2.05, 4.69) is 10.2 Å². The largest absolute Gasteiger partial charge is 0.390 e. The summed E-state index contributed by atoms with van der Waals surface area (Å²) in [5, 5.41) is 12.9. The van der Waals surface area contributed by atoms with Gasteiger partial charge in [0.05, 0.1) is 6.10 Å². The predicted molar refractivity (Wildman–Crippen MR) is 60.5 cm³/mol. The second-order valence-corrected chi connectivity index (χ2v) is 4.33. The molecule has 2 N–H and O–H groups in total. The molecule has 1 aromatic rings. The molecule has 0 radical (unpaired) electrons. The molecule has 2 unspecified atom stereocenters. The lowest BCUT2D eigenvalue weighted by Crippen LogP contribution is -2.40. The van der Waals surface area contributed by atoms with Gasteiger partial charge in [-0.1, -0.05) is 12.1 Å². The minimum Gasteiger partial charge on any atom is -0.390 e. The van der Waals surface area contributed by atoms with Crippen LogP contribution < -0.4 is 5.32 Å². The highest BCUT2D eigenvalue weighted by Gasteiger charge is 2.28. The first-order valence-corrected chi connectivity index (χ1v) is 5.50. The first kappa shape index (κ1) is 11.5. The van der Waals surface area contributed by atoms with E-state index in [1.807, 2.05) is 7.05 Å². The molecule has 0 bridgehead atoms. The number of hydrogen-bond donors (Lipinski definition) is 2. The summed E-state index contributed by atoms with van der Waals surface area (Å²) in [5.41, 5.74) is 1.06. The number of likely N-dealkylation sites (N-methyl/N-ethyl adjacent to an activating group) is 1. The zero-order chi connectivity index (χ0) is 11.5. The smallest absolute Gasteiger partial charge is 0.123 e. The fourth-order valence-corrected chi connectivity index (χ4v) is 2.10. The third-order valence-corrected chi connectivity index (χ3v) is 3.06. The molecule has 1 aliphatic rings. The van der Waals surface area contributed by atoms with Crippen LogP contribution in [0.4, 0.5) is 4.39 Å². The Labute approximate surface area is 94.9 Å². The molecule has 1 heterocycles. The number of β-amino-alcohol motifs (C(OH)–C–C–N with tert-alkyl or cyclic N) is 1. The average molecular weight is 224 g/mol. The molecule has 2 atom stereocenters. The van der Waals surface area contributed by atoms with Crippen molar-refractivity contribution in [2.45, 2.75) is 18.7 Å². The molecule has 1 aliphatic heterocycles. The molecule has 2 rings (SSSR count). The van der Waals surface area contributed by atoms with Gasteiger partial charge in [0.1, 0.15) is 5.82 Å². The molecule has 3 nitrogen and oxygen atoms in total. The zero-order valence-corrected chi connectivity index (χ0v) is 9.36. The van der Waals surface area contributed by atoms with Crippen molar-refractivity contribution in [1.82, 2.24) is 10.2 Å². The van der Waals surface area contributed by atoms with Gasteiger partial charge < -0.3 is 10.4 Å². The Morgan fingerprint density at radius 3 is 2.62 bits per heavy atom. The van der Waals surface area contributed by atoms with Gasteiger partial charge in [-0.2, -0.15) is 0 Å². The van der Waals surface area contributed by atoms with Gasteiger partial charge in [0.25, 0.3) is 0 Å². The fraction of sp³-hybridized carbons (Fsp3) is 0.500. The molecular weight excluding hydrogens is 207 g/mol. The van der Waals surface area contributed by atoms with Gasteiger partial charge in [-0.15, -0.1) is 0 Å². The number of benzene rings is 1. The van der Waals surface area contributed by atoms with Crippen molar-refractivity contribution < 1.29 is 9.50 Å². The van der Waals surface area contributed by atoms with Crippen LogP contribution in [0.15, 0.2) is 24.3 Å². The highest BCUT2D eigenvalue weighted by Crippen LogP contribution is 2.12. The number of rotatable bonds is 3. The fourth-order valence-electron chi connectivity index (χ4n) is 2.10. The Balaban J connectivity index is 1.96. The van der Waals surface area contributed by atoms with Crippen LogP contribution >= 0.6 is 0 Å². The maximum absolute atomic E-state index is 12.7. The molecule has 88 valence electrons. The molecular formula is C12H17FN2O. The van der Waals surface area contributed by atoms with Crippen molar-refractivity contribution in [2.75, 3.05) is 20.1 Å². The van der Waals surface area contributed by atoms with Crippen LogP contribution in [-0.4, -0.2) is 42.3 Å². The first-order chi connectivity index (χ1) is 7.66. The highest BCUT2D eigenvalue weighted by atomic mass is 19.1. The number of halogens is 1. The number of nitrogens with one attached hydrogen (secondary N) is 1. The van der Waals surface area contributed by atoms with E-state index in [9.17, 15) is 9.50 Å². The minimum absolute atomic E-state index is 0.144. The van der Waals surface area contributed by atoms with E-state index in [1.165, 1.54) is 12.1 Å². The second-order valence-electron chi connectivity index (χ2n) is 4.33. The van der Waals surface area contributed by atoms with Crippen molar-refractivity contribution in [3.63, 3.8) is 0 Å². The lowest BCUT2D eigenvalue weighted by molar-refractivity contribution is 0.0955. The van der Waals surface area contributed by atoms with Crippen LogP contribution in [0.2, 0.25) is 0 Å². The molecule has 0 amide bonds. The maximum atomic E-state index is 12.7. The topological polar surface area (TPSA) is 35.5 Å². The van der Waals surface area contributed by atoms with E-state index in [0.29, 0.717) is 6.54 Å². The van der Waals surface area contributed by atoms with Crippen molar-refractivity contribution in [1.29, 1.82) is 0 Å². The van der Waals surface area contributed by atoms with Gasteiger partial charge in [0.2, 0.25) is 0 Å². The summed E-state index contributed by atoms with van der Waals surface area (Å²) in [5.74, 6) is -0.214. The number of hydrogen-bond acceptors (Lipinski definition) is 3. The Hall–Kier alpha value is -0.970. The van der Waals surface area contributed by atoms with E-state index in [0.717, 1.165) is 18.7 Å². The normalized spacial score (nSPS) is 25.2. The maximum Gasteiger partial charge on any atom is 0.123 e. The van der Waals surface area contributed by atoms with Crippen LogP contribution in [0.1, 0.15) is 5.56 Å². The van der Waals surface area contributed by atoms with E-state index < -0.39 is 0 Å². The quantitative estimate of drug-likeness (QED) is 0.789. The molecule has 1 aromatic carbocycles. The number of aliphatic hydroxyl groups excluding tert-OH is 1. The summed E-state index contributed by atoms with van der Waals surface area (Å²) >= 11 is 0. The molecule has 1 saturated heterocycles. The zero-order valence-electron chi connectivity index (χ0n) is 9.36. The molecule has 16 heavy (non-hydrogen) atoms. The summed E-state index contributed by atoms with van der Waals surface area (Å²) < 4.78 is 12.7. The second kappa shape index (κ2) is 4.91. The van der Waals surface area contributed by atoms with Crippen LogP contribution in [0.5, 0.6) is 0 Å². The Morgan fingerprint density at radius 2 is 2.06 bits per heavy atom. The third kappa shape index (κ3) is 2.58. The summed E-state index contributed by atoms with van der Waals surface area (Å²) in [4.78, 5) is 2.10. The monoisotopic (exact) mass is 224 g/mol. The first-order valence-electron chi connectivity index (χ1n) is 5.50. The van der Waals surface area contributed by atoms with Gasteiger partial charge >= 0.3 is 0 Å². The van der Waals surface area contributed by atoms with Crippen molar-refractivity contribution in [3.05, 3.63) is 35.6 Å². The van der Waals surface area contributed by atoms with Gasteiger partial charge in [-0.25, -0.2) is 4.39 Å². The standard InChI is InChI=1S/C12H17FN2O/c1-15(11-6-14-7-12(11)16)8-9-2-4-10(13)5-3-9/h2-5,11-12,14,16H,6-8H2,1H3. The molecule has 0 spiro atoms. The molecule has 1 fully saturated rings. The highest BCUT2D eigenvalue weighted by molar-refractivity contribution is 5.16. The number of nitrogens with zero attached hydrogens (tertiary/aromatic N) is 1. The van der Waals surface area contributed by atoms with Gasteiger partial charge in [-0.3, -0.25) is 4.90 Å². The third-order valence-electron chi connectivity index (χ3n) is 3.06. The number of aliphatic hydroxyl groups is 1. The molecule has 0 aromatic heterocycles. The van der Waals surface area contributed by atoms with Crippen LogP contribution in [0.3, 0.4) is 0 Å². The Kier molecular flexibility index (Phi) is 3.53. The van der Waals surface area contributed by atoms with Crippen molar-refractivity contribution in [2.24, 2.45) is 0 Å². The Morgan fingerprint density at radius 1 is 1.38 bits per heavy atom. The summed E-state index contributed by atoms with van der Waals surface area (Å²) in [7, 11) is 1.98. The van der Waals surface area contributed by atoms with E-state index in [1.54, 1.807) is 12.1 Å². The van der Waals surface area contributed by atoms with Gasteiger partial charge in [0.15, 0.2) is 0 Å². The lowest BCUT2D eigenvalue weighted by Gasteiger charge is -2.26. The molecule has 0 aliphatic carbocycles. The van der Waals surface area contributed by atoms with E-state index in [-0.39, 0.29) is 18.0 Å². The van der Waals surface area contributed by atoms with E-state index in [4.69, 9.17) is 0 Å². The van der Waals surface area contributed by atoms with Crippen LogP contribution in [0.25, 0.3) is 0 Å². The lowest BCUT2D eigenvalue weighted by atomic mass is 10.1. The van der Waals surface area contributed by atoms with Crippen LogP contribution in [-0.2, 0) is 6.54 Å². The summed E-state index contributed by atoms with van der Waals surface area (Å²) in [6.45, 7) is 2.18. The van der Waals surface area contributed by atoms with Gasteiger partial charge in [-0.05, 0) is 24.7 Å². The molecule has 0 saturated carbocycles. The average Bonchev–Trinajstić information content (AvgIpc) is 2.68.